The third-order valence-corrected chi connectivity index (χ3v) is 4.26. The lowest BCUT2D eigenvalue weighted by Gasteiger charge is -2.01. The normalized spacial score (nSPS) is 13.1. The van der Waals surface area contributed by atoms with Crippen molar-refractivity contribution >= 4 is 5.91 Å². The molecule has 0 fully saturated rings. The molecule has 0 atom stereocenters. The highest BCUT2D eigenvalue weighted by atomic mass is 16.1. The molecule has 0 spiro atoms. The molecule has 0 saturated carbocycles. The zero-order chi connectivity index (χ0) is 19.3. The first kappa shape index (κ1) is 24.2. The summed E-state index contributed by atoms with van der Waals surface area (Å²) in [5.41, 5.74) is 5.69. The van der Waals surface area contributed by atoms with Gasteiger partial charge in [-0.3, -0.25) is 4.79 Å². The minimum absolute atomic E-state index is 0.383. The fourth-order valence-corrected chi connectivity index (χ4v) is 2.53. The van der Waals surface area contributed by atoms with Crippen LogP contribution < -0.4 is 5.73 Å². The van der Waals surface area contributed by atoms with Gasteiger partial charge < -0.3 is 5.73 Å². The molecule has 146 valence electrons. The highest BCUT2D eigenvalue weighted by molar-refractivity contribution is 5.91. The molecule has 0 bridgehead atoms. The van der Waals surface area contributed by atoms with E-state index in [0.717, 1.165) is 0 Å². The lowest BCUT2D eigenvalue weighted by molar-refractivity contribution is -0.114. The summed E-state index contributed by atoms with van der Waals surface area (Å²) in [4.78, 5) is 10.8. The lowest BCUT2D eigenvalue weighted by Crippen LogP contribution is -2.11. The van der Waals surface area contributed by atoms with Crippen molar-refractivity contribution in [3.05, 3.63) is 60.3 Å². The molecule has 2 N–H and O–H groups in total. The molecule has 0 aromatic heterocycles. The first-order chi connectivity index (χ1) is 12.7. The molecule has 2 nitrogen and oxygen atoms in total. The van der Waals surface area contributed by atoms with Crippen molar-refractivity contribution in [3.63, 3.8) is 0 Å². The van der Waals surface area contributed by atoms with E-state index in [2.05, 4.69) is 19.1 Å². The first-order valence-electron chi connectivity index (χ1n) is 10.3. The molecule has 1 amide bonds. The minimum atomic E-state index is -0.383. The Morgan fingerprint density at radius 1 is 0.692 bits per heavy atom. The highest BCUT2D eigenvalue weighted by Gasteiger charge is 1.92. The summed E-state index contributed by atoms with van der Waals surface area (Å²) >= 11 is 0. The number of amides is 1. The van der Waals surface area contributed by atoms with Crippen molar-refractivity contribution in [2.75, 3.05) is 0 Å². The van der Waals surface area contributed by atoms with Crippen molar-refractivity contribution in [1.29, 1.82) is 0 Å². The lowest BCUT2D eigenvalue weighted by atomic mass is 10.1. The Morgan fingerprint density at radius 2 is 1.15 bits per heavy atom. The van der Waals surface area contributed by atoms with Crippen LogP contribution in [0.4, 0.5) is 0 Å². The maximum absolute atomic E-state index is 10.8. The van der Waals surface area contributed by atoms with Gasteiger partial charge in [-0.1, -0.05) is 119 Å². The van der Waals surface area contributed by atoms with Crippen LogP contribution in [0.15, 0.2) is 60.3 Å². The zero-order valence-corrected chi connectivity index (χ0v) is 17.0. The van der Waals surface area contributed by atoms with Crippen molar-refractivity contribution in [2.24, 2.45) is 5.73 Å². The van der Waals surface area contributed by atoms with Gasteiger partial charge in [0.05, 0.1) is 0 Å². The second-order valence-corrected chi connectivity index (χ2v) is 6.77. The molecule has 0 aliphatic carbocycles. The van der Waals surface area contributed by atoms with Crippen LogP contribution in [0.25, 0.3) is 0 Å². The molecule has 0 aromatic carbocycles. The van der Waals surface area contributed by atoms with Crippen LogP contribution in [0, 0.1) is 0 Å². The van der Waals surface area contributed by atoms with Gasteiger partial charge in [0.2, 0.25) is 5.91 Å². The van der Waals surface area contributed by atoms with Gasteiger partial charge >= 0.3 is 0 Å². The number of rotatable bonds is 16. The Morgan fingerprint density at radius 3 is 1.69 bits per heavy atom. The predicted molar refractivity (Wildman–Crippen MR) is 116 cm³/mol. The average molecular weight is 358 g/mol. The molecule has 0 aromatic rings. The largest absolute Gasteiger partial charge is 0.366 e. The van der Waals surface area contributed by atoms with Gasteiger partial charge in [0.1, 0.15) is 0 Å². The first-order valence-corrected chi connectivity index (χ1v) is 10.3. The van der Waals surface area contributed by atoms with Crippen molar-refractivity contribution in [3.8, 4) is 0 Å². The molecule has 0 heterocycles. The number of carbonyl (C=O) groups is 1. The Balaban J connectivity index is 3.51. The van der Waals surface area contributed by atoms with Crippen LogP contribution in [0.2, 0.25) is 0 Å². The topological polar surface area (TPSA) is 43.1 Å². The fourth-order valence-electron chi connectivity index (χ4n) is 2.53. The number of hydrogen-bond donors (Lipinski definition) is 1. The van der Waals surface area contributed by atoms with Crippen molar-refractivity contribution in [1.82, 2.24) is 0 Å². The van der Waals surface area contributed by atoms with E-state index >= 15 is 0 Å². The summed E-state index contributed by atoms with van der Waals surface area (Å²) in [7, 11) is 0. The standard InChI is InChI=1S/C24H39NO/c1-3-4-5-6-7-8-9-10-11-12-13-14-15-16-17-18-19-20-21-22-23(2)24(25)26/h14-22H,3-13H2,1-2H3,(H2,25,26)/b15-14+,17-16+,19-18+,21-20+,23-22+. The molecule has 0 unspecified atom stereocenters. The fraction of sp³-hybridized carbons (Fsp3) is 0.542. The molecule has 2 heteroatoms. The van der Waals surface area contributed by atoms with Gasteiger partial charge in [-0.05, 0) is 19.8 Å². The third kappa shape index (κ3) is 18.5. The Kier molecular flexibility index (Phi) is 18.1. The van der Waals surface area contributed by atoms with Gasteiger partial charge in [0, 0.05) is 5.57 Å². The summed E-state index contributed by atoms with van der Waals surface area (Å²) in [6, 6.07) is 0. The van der Waals surface area contributed by atoms with Crippen molar-refractivity contribution < 1.29 is 4.79 Å². The highest BCUT2D eigenvalue weighted by Crippen LogP contribution is 2.11. The van der Waals surface area contributed by atoms with Crippen LogP contribution in [0.1, 0.15) is 84.5 Å². The Labute approximate surface area is 161 Å². The number of carbonyl (C=O) groups excluding carboxylic acids is 1. The molecule has 0 saturated heterocycles. The summed E-state index contributed by atoms with van der Waals surface area (Å²) in [6.07, 6.45) is 32.7. The number of hydrogen-bond acceptors (Lipinski definition) is 1. The quantitative estimate of drug-likeness (QED) is 0.181. The van der Waals surface area contributed by atoms with Crippen LogP contribution in [0.5, 0.6) is 0 Å². The van der Waals surface area contributed by atoms with Gasteiger partial charge in [0.15, 0.2) is 0 Å². The number of allylic oxidation sites excluding steroid dienone is 9. The van der Waals surface area contributed by atoms with E-state index in [1.54, 1.807) is 13.0 Å². The number of unbranched alkanes of at least 4 members (excludes halogenated alkanes) is 10. The molecule has 26 heavy (non-hydrogen) atoms. The van der Waals surface area contributed by atoms with Gasteiger partial charge in [-0.15, -0.1) is 0 Å². The summed E-state index contributed by atoms with van der Waals surface area (Å²) in [6.45, 7) is 3.98. The maximum atomic E-state index is 10.8. The summed E-state index contributed by atoms with van der Waals surface area (Å²) < 4.78 is 0. The van der Waals surface area contributed by atoms with E-state index in [1.165, 1.54) is 70.6 Å². The zero-order valence-electron chi connectivity index (χ0n) is 17.0. The van der Waals surface area contributed by atoms with Crippen LogP contribution in [-0.4, -0.2) is 5.91 Å². The second kappa shape index (κ2) is 19.5. The van der Waals surface area contributed by atoms with Gasteiger partial charge in [0.25, 0.3) is 0 Å². The average Bonchev–Trinajstić information content (AvgIpc) is 2.63. The van der Waals surface area contributed by atoms with E-state index in [-0.39, 0.29) is 5.91 Å². The predicted octanol–water partition coefficient (Wildman–Crippen LogP) is 6.95. The smallest absolute Gasteiger partial charge is 0.244 e. The van der Waals surface area contributed by atoms with Gasteiger partial charge in [-0.25, -0.2) is 0 Å². The summed E-state index contributed by atoms with van der Waals surface area (Å²) in [5, 5.41) is 0. The van der Waals surface area contributed by atoms with Crippen LogP contribution in [0.3, 0.4) is 0 Å². The molecule has 0 aliphatic rings. The molecular weight excluding hydrogens is 318 g/mol. The van der Waals surface area contributed by atoms with Crippen LogP contribution >= 0.6 is 0 Å². The molecule has 0 aliphatic heterocycles. The van der Waals surface area contributed by atoms with Crippen LogP contribution in [-0.2, 0) is 4.79 Å². The number of nitrogens with two attached hydrogens (primary N) is 1. The van der Waals surface area contributed by atoms with Crippen molar-refractivity contribution in [2.45, 2.75) is 84.5 Å². The van der Waals surface area contributed by atoms with E-state index in [0.29, 0.717) is 5.57 Å². The van der Waals surface area contributed by atoms with E-state index in [4.69, 9.17) is 5.73 Å². The van der Waals surface area contributed by atoms with E-state index < -0.39 is 0 Å². The Bertz CT molecular complexity index is 480. The molecular formula is C24H39NO. The van der Waals surface area contributed by atoms with E-state index in [1.807, 2.05) is 36.5 Å². The van der Waals surface area contributed by atoms with E-state index in [9.17, 15) is 4.79 Å². The number of primary amides is 1. The minimum Gasteiger partial charge on any atom is -0.366 e. The molecule has 0 rings (SSSR count). The summed E-state index contributed by atoms with van der Waals surface area (Å²) in [5.74, 6) is -0.383. The SMILES string of the molecule is CCCCCCCCCCCC/C=C/C=C/C=C/C=C/C=C(\C)C(N)=O. The van der Waals surface area contributed by atoms with Gasteiger partial charge in [-0.2, -0.15) is 0 Å². The Hall–Kier alpha value is -1.83. The maximum Gasteiger partial charge on any atom is 0.244 e. The third-order valence-electron chi connectivity index (χ3n) is 4.26. The molecule has 0 radical (unpaired) electrons. The monoisotopic (exact) mass is 357 g/mol. The second-order valence-electron chi connectivity index (χ2n) is 6.77.